The molecule has 19 heavy (non-hydrogen) atoms. The minimum Gasteiger partial charge on any atom is -0.377 e. The van der Waals surface area contributed by atoms with Crippen molar-refractivity contribution in [2.24, 2.45) is 0 Å². The van der Waals surface area contributed by atoms with E-state index in [9.17, 15) is 0 Å². The standard InChI is InChI=1S/C15H25N3O/c1-12-15(2,8-10-19-12)16-11-13-7-9-18(17-13)14-5-3-4-6-14/h7,9,12,14,16H,3-6,8,10-11H2,1-2H3. The Hall–Kier alpha value is -0.870. The van der Waals surface area contributed by atoms with E-state index < -0.39 is 0 Å². The summed E-state index contributed by atoms with van der Waals surface area (Å²) in [6, 6.07) is 2.79. The van der Waals surface area contributed by atoms with Crippen molar-refractivity contribution >= 4 is 0 Å². The van der Waals surface area contributed by atoms with Crippen molar-refractivity contribution in [1.82, 2.24) is 15.1 Å². The fourth-order valence-corrected chi connectivity index (χ4v) is 3.20. The van der Waals surface area contributed by atoms with E-state index in [2.05, 4.69) is 36.1 Å². The van der Waals surface area contributed by atoms with Crippen molar-refractivity contribution in [3.05, 3.63) is 18.0 Å². The molecule has 1 saturated heterocycles. The van der Waals surface area contributed by atoms with Crippen molar-refractivity contribution < 1.29 is 4.74 Å². The highest BCUT2D eigenvalue weighted by Crippen LogP contribution is 2.29. The van der Waals surface area contributed by atoms with Gasteiger partial charge >= 0.3 is 0 Å². The van der Waals surface area contributed by atoms with Crippen LogP contribution in [0.1, 0.15) is 57.7 Å². The van der Waals surface area contributed by atoms with Crippen LogP contribution < -0.4 is 5.32 Å². The van der Waals surface area contributed by atoms with Crippen molar-refractivity contribution in [3.63, 3.8) is 0 Å². The van der Waals surface area contributed by atoms with Crippen LogP contribution in [0.4, 0.5) is 0 Å². The molecular formula is C15H25N3O. The predicted octanol–water partition coefficient (Wildman–Crippen LogP) is 2.66. The first-order valence-corrected chi connectivity index (χ1v) is 7.58. The highest BCUT2D eigenvalue weighted by Gasteiger charge is 2.36. The summed E-state index contributed by atoms with van der Waals surface area (Å²) in [5.74, 6) is 0. The summed E-state index contributed by atoms with van der Waals surface area (Å²) in [7, 11) is 0. The third-order valence-electron chi connectivity index (χ3n) is 4.92. The molecule has 2 atom stereocenters. The summed E-state index contributed by atoms with van der Waals surface area (Å²) in [6.07, 6.45) is 8.79. The Kier molecular flexibility index (Phi) is 3.63. The van der Waals surface area contributed by atoms with Gasteiger partial charge in [-0.1, -0.05) is 12.8 Å². The zero-order valence-corrected chi connectivity index (χ0v) is 12.1. The maximum Gasteiger partial charge on any atom is 0.0762 e. The molecule has 2 fully saturated rings. The SMILES string of the molecule is CC1OCCC1(C)NCc1ccn(C2CCCC2)n1. The van der Waals surface area contributed by atoms with Gasteiger partial charge in [-0.3, -0.25) is 4.68 Å². The molecule has 4 nitrogen and oxygen atoms in total. The minimum atomic E-state index is 0.0944. The lowest BCUT2D eigenvalue weighted by atomic mass is 9.95. The van der Waals surface area contributed by atoms with Gasteiger partial charge in [-0.2, -0.15) is 5.10 Å². The number of nitrogens with one attached hydrogen (secondary N) is 1. The molecule has 4 heteroatoms. The lowest BCUT2D eigenvalue weighted by Crippen LogP contribution is -2.47. The van der Waals surface area contributed by atoms with E-state index in [1.807, 2.05) is 0 Å². The molecule has 1 aliphatic carbocycles. The molecule has 3 rings (SSSR count). The second-order valence-electron chi connectivity index (χ2n) is 6.26. The van der Waals surface area contributed by atoms with Crippen molar-refractivity contribution in [2.75, 3.05) is 6.61 Å². The summed E-state index contributed by atoms with van der Waals surface area (Å²) >= 11 is 0. The van der Waals surface area contributed by atoms with Gasteiger partial charge in [-0.15, -0.1) is 0 Å². The van der Waals surface area contributed by atoms with E-state index in [0.29, 0.717) is 6.04 Å². The summed E-state index contributed by atoms with van der Waals surface area (Å²) in [5.41, 5.74) is 1.24. The molecule has 0 radical (unpaired) electrons. The van der Waals surface area contributed by atoms with Crippen molar-refractivity contribution in [1.29, 1.82) is 0 Å². The average Bonchev–Trinajstić information content (AvgIpc) is 3.10. The van der Waals surface area contributed by atoms with Gasteiger partial charge in [0.1, 0.15) is 0 Å². The van der Waals surface area contributed by atoms with Gasteiger partial charge in [-0.25, -0.2) is 0 Å². The zero-order chi connectivity index (χ0) is 13.3. The van der Waals surface area contributed by atoms with Crippen LogP contribution in [0, 0.1) is 0 Å². The second-order valence-corrected chi connectivity index (χ2v) is 6.26. The molecule has 106 valence electrons. The number of nitrogens with zero attached hydrogens (tertiary/aromatic N) is 2. The Bertz CT molecular complexity index is 425. The van der Waals surface area contributed by atoms with Gasteiger partial charge in [0.25, 0.3) is 0 Å². The molecule has 1 aliphatic heterocycles. The predicted molar refractivity (Wildman–Crippen MR) is 75.0 cm³/mol. The number of aromatic nitrogens is 2. The summed E-state index contributed by atoms with van der Waals surface area (Å²) < 4.78 is 7.82. The fraction of sp³-hybridized carbons (Fsp3) is 0.800. The lowest BCUT2D eigenvalue weighted by molar-refractivity contribution is 0.0880. The highest BCUT2D eigenvalue weighted by molar-refractivity contribution is 5.03. The van der Waals surface area contributed by atoms with Gasteiger partial charge in [0.05, 0.1) is 17.8 Å². The van der Waals surface area contributed by atoms with Gasteiger partial charge in [-0.05, 0) is 39.2 Å². The largest absolute Gasteiger partial charge is 0.377 e. The monoisotopic (exact) mass is 263 g/mol. The van der Waals surface area contributed by atoms with Crippen LogP contribution in [0.25, 0.3) is 0 Å². The molecule has 0 aromatic carbocycles. The van der Waals surface area contributed by atoms with E-state index in [-0.39, 0.29) is 11.6 Å². The van der Waals surface area contributed by atoms with E-state index >= 15 is 0 Å². The van der Waals surface area contributed by atoms with Crippen LogP contribution in [-0.2, 0) is 11.3 Å². The molecule has 0 amide bonds. The smallest absolute Gasteiger partial charge is 0.0762 e. The summed E-state index contributed by atoms with van der Waals surface area (Å²) in [4.78, 5) is 0. The molecule has 1 saturated carbocycles. The van der Waals surface area contributed by atoms with Crippen LogP contribution in [0.15, 0.2) is 12.3 Å². The molecule has 1 aromatic heterocycles. The molecular weight excluding hydrogens is 238 g/mol. The maximum atomic E-state index is 5.66. The topological polar surface area (TPSA) is 39.1 Å². The van der Waals surface area contributed by atoms with Crippen LogP contribution in [0.3, 0.4) is 0 Å². The van der Waals surface area contributed by atoms with Crippen molar-refractivity contribution in [3.8, 4) is 0 Å². The first kappa shape index (κ1) is 13.1. The molecule has 1 N–H and O–H groups in total. The molecule has 2 aliphatic rings. The maximum absolute atomic E-state index is 5.66. The van der Waals surface area contributed by atoms with Gasteiger partial charge in [0.15, 0.2) is 0 Å². The zero-order valence-electron chi connectivity index (χ0n) is 12.1. The van der Waals surface area contributed by atoms with Crippen LogP contribution >= 0.6 is 0 Å². The van der Waals surface area contributed by atoms with E-state index in [1.54, 1.807) is 0 Å². The molecule has 2 heterocycles. The Morgan fingerprint density at radius 3 is 2.95 bits per heavy atom. The van der Waals surface area contributed by atoms with Crippen LogP contribution in [-0.4, -0.2) is 28.0 Å². The van der Waals surface area contributed by atoms with E-state index in [1.165, 1.54) is 25.7 Å². The van der Waals surface area contributed by atoms with Crippen molar-refractivity contribution in [2.45, 2.75) is 70.2 Å². The molecule has 1 aromatic rings. The van der Waals surface area contributed by atoms with Crippen LogP contribution in [0.5, 0.6) is 0 Å². The normalized spacial score (nSPS) is 32.2. The van der Waals surface area contributed by atoms with Gasteiger partial charge in [0.2, 0.25) is 0 Å². The fourth-order valence-electron chi connectivity index (χ4n) is 3.20. The first-order valence-electron chi connectivity index (χ1n) is 7.58. The highest BCUT2D eigenvalue weighted by atomic mass is 16.5. The summed E-state index contributed by atoms with van der Waals surface area (Å²) in [6.45, 7) is 6.10. The molecule has 0 bridgehead atoms. The van der Waals surface area contributed by atoms with Crippen LogP contribution in [0.2, 0.25) is 0 Å². The Labute approximate surface area is 115 Å². The Morgan fingerprint density at radius 1 is 1.47 bits per heavy atom. The van der Waals surface area contributed by atoms with E-state index in [0.717, 1.165) is 25.3 Å². The second kappa shape index (κ2) is 5.25. The first-order chi connectivity index (χ1) is 9.17. The third kappa shape index (κ3) is 2.70. The van der Waals surface area contributed by atoms with Gasteiger partial charge in [0, 0.05) is 24.9 Å². The molecule has 0 spiro atoms. The number of hydrogen-bond donors (Lipinski definition) is 1. The quantitative estimate of drug-likeness (QED) is 0.907. The lowest BCUT2D eigenvalue weighted by Gasteiger charge is -2.28. The third-order valence-corrected chi connectivity index (χ3v) is 4.92. The number of hydrogen-bond acceptors (Lipinski definition) is 3. The summed E-state index contributed by atoms with van der Waals surface area (Å²) in [5, 5.41) is 8.35. The Balaban J connectivity index is 1.58. The molecule has 2 unspecified atom stereocenters. The van der Waals surface area contributed by atoms with Gasteiger partial charge < -0.3 is 10.1 Å². The Morgan fingerprint density at radius 2 is 2.26 bits per heavy atom. The number of ether oxygens (including phenoxy) is 1. The minimum absolute atomic E-state index is 0.0944. The number of rotatable bonds is 4. The van der Waals surface area contributed by atoms with E-state index in [4.69, 9.17) is 9.84 Å². The average molecular weight is 263 g/mol.